The van der Waals surface area contributed by atoms with Crippen molar-refractivity contribution in [3.05, 3.63) is 89.9 Å². The van der Waals surface area contributed by atoms with Crippen molar-refractivity contribution >= 4 is 33.1 Å². The third-order valence-corrected chi connectivity index (χ3v) is 5.87. The fourth-order valence-corrected chi connectivity index (χ4v) is 3.67. The maximum atomic E-state index is 12.4. The van der Waals surface area contributed by atoms with Crippen LogP contribution < -0.4 is 15.5 Å². The maximum Gasteiger partial charge on any atom is 0.240 e. The molecule has 1 heterocycles. The van der Waals surface area contributed by atoms with E-state index in [4.69, 9.17) is 16.6 Å². The Morgan fingerprint density at radius 1 is 1.00 bits per heavy atom. The first kappa shape index (κ1) is 21.7. The van der Waals surface area contributed by atoms with Gasteiger partial charge in [-0.15, -0.1) is 0 Å². The molecule has 0 unspecified atom stereocenters. The average Bonchev–Trinajstić information content (AvgIpc) is 3.29. The summed E-state index contributed by atoms with van der Waals surface area (Å²) in [5, 5.41) is 7.73. The summed E-state index contributed by atoms with van der Waals surface area (Å²) in [4.78, 5) is 0.165. The van der Waals surface area contributed by atoms with Crippen LogP contribution in [0.15, 0.2) is 87.4 Å². The standard InChI is InChI=1S/C21H22N4O3S2/c1-16(24-25-21(29)22-14-17-6-3-2-4-7-17)18-9-11-20(12-10-18)30(26,27)23-15-19-8-5-13-28-19/h2-13,23H,14-15H2,1H3,(H2,22,25,29)/b24-16+. The number of hydrogen-bond acceptors (Lipinski definition) is 5. The zero-order valence-electron chi connectivity index (χ0n) is 16.3. The molecule has 0 atom stereocenters. The van der Waals surface area contributed by atoms with Gasteiger partial charge in [0.2, 0.25) is 10.0 Å². The van der Waals surface area contributed by atoms with Crippen molar-refractivity contribution in [1.82, 2.24) is 15.5 Å². The van der Waals surface area contributed by atoms with Gasteiger partial charge >= 0.3 is 0 Å². The van der Waals surface area contributed by atoms with Crippen molar-refractivity contribution in [3.8, 4) is 0 Å². The van der Waals surface area contributed by atoms with Gasteiger partial charge in [-0.1, -0.05) is 42.5 Å². The summed E-state index contributed by atoms with van der Waals surface area (Å²) < 4.78 is 32.4. The molecule has 30 heavy (non-hydrogen) atoms. The highest BCUT2D eigenvalue weighted by Crippen LogP contribution is 2.12. The summed E-state index contributed by atoms with van der Waals surface area (Å²) in [6.07, 6.45) is 1.50. The van der Waals surface area contributed by atoms with Gasteiger partial charge in [-0.25, -0.2) is 13.1 Å². The molecule has 3 aromatic rings. The molecule has 0 bridgehead atoms. The highest BCUT2D eigenvalue weighted by atomic mass is 32.2. The topological polar surface area (TPSA) is 95.7 Å². The van der Waals surface area contributed by atoms with Gasteiger partial charge in [0.05, 0.1) is 23.4 Å². The summed E-state index contributed by atoms with van der Waals surface area (Å²) >= 11 is 5.23. The van der Waals surface area contributed by atoms with Crippen molar-refractivity contribution in [2.75, 3.05) is 0 Å². The van der Waals surface area contributed by atoms with Crippen LogP contribution in [0.1, 0.15) is 23.8 Å². The minimum atomic E-state index is -3.63. The Kier molecular flexibility index (Phi) is 7.34. The van der Waals surface area contributed by atoms with Gasteiger partial charge in [0.1, 0.15) is 5.76 Å². The fraction of sp³-hybridized carbons (Fsp3) is 0.143. The van der Waals surface area contributed by atoms with Crippen LogP contribution in [0.3, 0.4) is 0 Å². The first-order valence-corrected chi connectivity index (χ1v) is 11.1. The molecule has 0 saturated heterocycles. The second-order valence-corrected chi connectivity index (χ2v) is 8.58. The Morgan fingerprint density at radius 3 is 2.40 bits per heavy atom. The first-order chi connectivity index (χ1) is 14.4. The summed E-state index contributed by atoms with van der Waals surface area (Å²) in [6.45, 7) is 2.50. The van der Waals surface area contributed by atoms with E-state index >= 15 is 0 Å². The molecule has 3 N–H and O–H groups in total. The Labute approximate surface area is 181 Å². The Morgan fingerprint density at radius 2 is 1.73 bits per heavy atom. The molecule has 1 aromatic heterocycles. The zero-order valence-corrected chi connectivity index (χ0v) is 18.0. The van der Waals surface area contributed by atoms with Gasteiger partial charge in [-0.3, -0.25) is 5.43 Å². The van der Waals surface area contributed by atoms with Gasteiger partial charge in [-0.2, -0.15) is 5.10 Å². The second-order valence-electron chi connectivity index (χ2n) is 6.41. The van der Waals surface area contributed by atoms with E-state index in [-0.39, 0.29) is 11.4 Å². The predicted octanol–water partition coefficient (Wildman–Crippen LogP) is 3.15. The molecule has 0 aliphatic carbocycles. The molecule has 0 aliphatic heterocycles. The van der Waals surface area contributed by atoms with Crippen LogP contribution in [-0.2, 0) is 23.1 Å². The van der Waals surface area contributed by atoms with Crippen LogP contribution in [0.5, 0.6) is 0 Å². The van der Waals surface area contributed by atoms with Crippen molar-refractivity contribution in [2.45, 2.75) is 24.9 Å². The SMILES string of the molecule is C/C(=N\NC(=S)NCc1ccccc1)c1ccc(S(=O)(=O)NCc2ccco2)cc1. The molecule has 0 saturated carbocycles. The number of hydrazone groups is 1. The van der Waals surface area contributed by atoms with Crippen molar-refractivity contribution < 1.29 is 12.8 Å². The van der Waals surface area contributed by atoms with E-state index in [9.17, 15) is 8.42 Å². The molecule has 3 rings (SSSR count). The van der Waals surface area contributed by atoms with Crippen LogP contribution >= 0.6 is 12.2 Å². The Balaban J connectivity index is 1.54. The molecule has 0 aliphatic rings. The summed E-state index contributed by atoms with van der Waals surface area (Å²) in [6, 6.07) is 19.8. The number of sulfonamides is 1. The van der Waals surface area contributed by atoms with E-state index in [1.807, 2.05) is 37.3 Å². The maximum absolute atomic E-state index is 12.4. The van der Waals surface area contributed by atoms with Crippen molar-refractivity contribution in [1.29, 1.82) is 0 Å². The van der Waals surface area contributed by atoms with Crippen LogP contribution in [0.2, 0.25) is 0 Å². The number of nitrogens with one attached hydrogen (secondary N) is 3. The van der Waals surface area contributed by atoms with Gasteiger partial charge in [-0.05, 0) is 54.5 Å². The third kappa shape index (κ3) is 6.24. The van der Waals surface area contributed by atoms with Crippen molar-refractivity contribution in [3.63, 3.8) is 0 Å². The van der Waals surface area contributed by atoms with E-state index in [1.165, 1.54) is 18.4 Å². The number of thiocarbonyl (C=S) groups is 1. The summed E-state index contributed by atoms with van der Waals surface area (Å²) in [7, 11) is -3.63. The lowest BCUT2D eigenvalue weighted by atomic mass is 10.1. The third-order valence-electron chi connectivity index (χ3n) is 4.22. The summed E-state index contributed by atoms with van der Waals surface area (Å²) in [5.41, 5.74) is 5.36. The van der Waals surface area contributed by atoms with Crippen LogP contribution in [0.4, 0.5) is 0 Å². The summed E-state index contributed by atoms with van der Waals surface area (Å²) in [5.74, 6) is 0.543. The number of benzene rings is 2. The van der Waals surface area contributed by atoms with Crippen LogP contribution in [0.25, 0.3) is 0 Å². The van der Waals surface area contributed by atoms with E-state index in [1.54, 1.807) is 24.3 Å². The number of nitrogens with zero attached hydrogens (tertiary/aromatic N) is 1. The minimum absolute atomic E-state index is 0.0922. The quantitative estimate of drug-likeness (QED) is 0.282. The van der Waals surface area contributed by atoms with Gasteiger partial charge in [0.25, 0.3) is 0 Å². The lowest BCUT2D eigenvalue weighted by Crippen LogP contribution is -2.32. The van der Waals surface area contributed by atoms with E-state index in [0.29, 0.717) is 23.1 Å². The lowest BCUT2D eigenvalue weighted by Gasteiger charge is -2.09. The molecule has 0 radical (unpaired) electrons. The van der Waals surface area contributed by atoms with E-state index in [0.717, 1.165) is 11.1 Å². The fourth-order valence-electron chi connectivity index (χ4n) is 2.55. The normalized spacial score (nSPS) is 11.8. The number of rotatable bonds is 8. The molecular formula is C21H22N4O3S2. The molecule has 9 heteroatoms. The number of hydrogen-bond donors (Lipinski definition) is 3. The second kappa shape index (κ2) is 10.1. The highest BCUT2D eigenvalue weighted by Gasteiger charge is 2.14. The molecule has 0 fully saturated rings. The van der Waals surface area contributed by atoms with E-state index < -0.39 is 10.0 Å². The minimum Gasteiger partial charge on any atom is -0.468 e. The predicted molar refractivity (Wildman–Crippen MR) is 120 cm³/mol. The zero-order chi connectivity index (χ0) is 21.4. The average molecular weight is 443 g/mol. The van der Waals surface area contributed by atoms with Gasteiger partial charge < -0.3 is 9.73 Å². The molecule has 2 aromatic carbocycles. The van der Waals surface area contributed by atoms with Crippen LogP contribution in [0, 0.1) is 0 Å². The lowest BCUT2D eigenvalue weighted by molar-refractivity contribution is 0.498. The Hall–Kier alpha value is -3.01. The smallest absolute Gasteiger partial charge is 0.240 e. The molecule has 0 amide bonds. The Bertz CT molecular complexity index is 1090. The molecule has 0 spiro atoms. The van der Waals surface area contributed by atoms with Gasteiger partial charge in [0.15, 0.2) is 5.11 Å². The first-order valence-electron chi connectivity index (χ1n) is 9.18. The molecule has 156 valence electrons. The highest BCUT2D eigenvalue weighted by molar-refractivity contribution is 7.89. The largest absolute Gasteiger partial charge is 0.468 e. The molecule has 7 nitrogen and oxygen atoms in total. The number of furan rings is 1. The van der Waals surface area contributed by atoms with Crippen molar-refractivity contribution in [2.24, 2.45) is 5.10 Å². The van der Waals surface area contributed by atoms with Gasteiger partial charge in [0, 0.05) is 6.54 Å². The monoisotopic (exact) mass is 442 g/mol. The molecular weight excluding hydrogens is 420 g/mol. The van der Waals surface area contributed by atoms with E-state index in [2.05, 4.69) is 20.6 Å². The van der Waals surface area contributed by atoms with Crippen LogP contribution in [-0.4, -0.2) is 19.2 Å².